The summed E-state index contributed by atoms with van der Waals surface area (Å²) in [5, 5.41) is 4.67. The molecule has 1 aliphatic heterocycles. The Morgan fingerprint density at radius 1 is 1.32 bits per heavy atom. The van der Waals surface area contributed by atoms with Gasteiger partial charge in [0.25, 0.3) is 0 Å². The second-order valence-corrected chi connectivity index (χ2v) is 8.94. The van der Waals surface area contributed by atoms with Gasteiger partial charge in [-0.25, -0.2) is 18.1 Å². The van der Waals surface area contributed by atoms with E-state index in [1.165, 1.54) is 5.56 Å². The fourth-order valence-electron chi connectivity index (χ4n) is 3.30. The summed E-state index contributed by atoms with van der Waals surface area (Å²) in [6, 6.07) is 6.07. The number of benzene rings is 1. The first-order valence-electron chi connectivity index (χ1n) is 8.63. The highest BCUT2D eigenvalue weighted by molar-refractivity contribution is 7.91. The molecule has 1 aliphatic rings. The van der Waals surface area contributed by atoms with Gasteiger partial charge in [-0.05, 0) is 43.9 Å². The van der Waals surface area contributed by atoms with Crippen LogP contribution in [-0.2, 0) is 21.0 Å². The molecule has 0 aliphatic carbocycles. The number of aryl methyl sites for hydroxylation is 1. The quantitative estimate of drug-likeness (QED) is 0.815. The number of hydrogen-bond acceptors (Lipinski definition) is 5. The monoisotopic (exact) mass is 363 g/mol. The molecule has 0 bridgehead atoms. The molecule has 1 saturated heterocycles. The number of aromatic nitrogens is 3. The summed E-state index contributed by atoms with van der Waals surface area (Å²) in [6.45, 7) is 4.66. The maximum atomic E-state index is 12.1. The molecule has 3 rings (SSSR count). The number of hydrogen-bond donors (Lipinski definition) is 0. The van der Waals surface area contributed by atoms with Crippen LogP contribution in [0.5, 0.6) is 0 Å². The van der Waals surface area contributed by atoms with Crippen molar-refractivity contribution in [1.29, 1.82) is 0 Å². The molecule has 1 atom stereocenters. The summed E-state index contributed by atoms with van der Waals surface area (Å²) >= 11 is 0. The average molecular weight is 363 g/mol. The van der Waals surface area contributed by atoms with Gasteiger partial charge in [0.05, 0.1) is 23.8 Å². The van der Waals surface area contributed by atoms with Crippen LogP contribution >= 0.6 is 0 Å². The molecule has 25 heavy (non-hydrogen) atoms. The van der Waals surface area contributed by atoms with Crippen molar-refractivity contribution in [3.63, 3.8) is 0 Å². The topological polar surface area (TPSA) is 74.1 Å². The first-order chi connectivity index (χ1) is 11.9. The third-order valence-electron chi connectivity index (χ3n) is 4.84. The Balaban J connectivity index is 2.06. The SMILES string of the molecule is COCCc1nc([C@@H]2CCCS(=O)(=O)C2)n(-c2cccc(C)c2C)n1. The van der Waals surface area contributed by atoms with Crippen LogP contribution in [0.15, 0.2) is 18.2 Å². The van der Waals surface area contributed by atoms with Crippen LogP contribution in [0.1, 0.15) is 41.5 Å². The molecule has 2 aromatic rings. The van der Waals surface area contributed by atoms with E-state index in [0.29, 0.717) is 25.3 Å². The normalized spacial score (nSPS) is 19.9. The van der Waals surface area contributed by atoms with Gasteiger partial charge < -0.3 is 4.74 Å². The number of rotatable bonds is 5. The molecule has 0 unspecified atom stereocenters. The smallest absolute Gasteiger partial charge is 0.153 e. The van der Waals surface area contributed by atoms with Gasteiger partial charge in [-0.2, -0.15) is 5.10 Å². The Kier molecular flexibility index (Phi) is 5.24. The Morgan fingerprint density at radius 2 is 2.12 bits per heavy atom. The Bertz CT molecular complexity index is 858. The molecule has 0 saturated carbocycles. The van der Waals surface area contributed by atoms with Crippen molar-refractivity contribution < 1.29 is 13.2 Å². The predicted molar refractivity (Wildman–Crippen MR) is 97.0 cm³/mol. The Morgan fingerprint density at radius 3 is 2.84 bits per heavy atom. The molecule has 6 nitrogen and oxygen atoms in total. The average Bonchev–Trinajstić information content (AvgIpc) is 2.98. The molecular formula is C18H25N3O3S. The summed E-state index contributed by atoms with van der Waals surface area (Å²) < 4.78 is 31.2. The Hall–Kier alpha value is -1.73. The standard InChI is InChI=1S/C18H25N3O3S/c1-13-6-4-8-16(14(13)2)21-18(19-17(20-21)9-10-24-3)15-7-5-11-25(22,23)12-15/h4,6,8,15H,5,7,9-12H2,1-3H3/t15-/m1/s1. The van der Waals surface area contributed by atoms with E-state index in [1.54, 1.807) is 7.11 Å². The molecule has 0 spiro atoms. The van der Waals surface area contributed by atoms with Crippen molar-refractivity contribution >= 4 is 9.84 Å². The van der Waals surface area contributed by atoms with Crippen LogP contribution in [0.2, 0.25) is 0 Å². The first kappa shape index (κ1) is 18.1. The zero-order valence-electron chi connectivity index (χ0n) is 15.0. The molecular weight excluding hydrogens is 338 g/mol. The molecule has 1 aromatic carbocycles. The summed E-state index contributed by atoms with van der Waals surface area (Å²) in [6.07, 6.45) is 2.12. The van der Waals surface area contributed by atoms with Crippen molar-refractivity contribution in [3.8, 4) is 5.69 Å². The fourth-order valence-corrected chi connectivity index (χ4v) is 5.00. The lowest BCUT2D eigenvalue weighted by Crippen LogP contribution is -2.26. The molecule has 1 fully saturated rings. The number of sulfone groups is 1. The van der Waals surface area contributed by atoms with E-state index in [4.69, 9.17) is 9.72 Å². The lowest BCUT2D eigenvalue weighted by Gasteiger charge is -2.22. The van der Waals surface area contributed by atoms with Crippen molar-refractivity contribution in [2.45, 2.75) is 39.0 Å². The zero-order valence-corrected chi connectivity index (χ0v) is 15.8. The van der Waals surface area contributed by atoms with Crippen LogP contribution in [0.3, 0.4) is 0 Å². The van der Waals surface area contributed by atoms with E-state index in [2.05, 4.69) is 25.0 Å². The number of methoxy groups -OCH3 is 1. The van der Waals surface area contributed by atoms with Gasteiger partial charge in [0.2, 0.25) is 0 Å². The minimum absolute atomic E-state index is 0.109. The van der Waals surface area contributed by atoms with E-state index in [1.807, 2.05) is 16.8 Å². The van der Waals surface area contributed by atoms with Gasteiger partial charge in [-0.15, -0.1) is 0 Å². The molecule has 136 valence electrons. The number of nitrogens with zero attached hydrogens (tertiary/aromatic N) is 3. The molecule has 2 heterocycles. The molecule has 7 heteroatoms. The van der Waals surface area contributed by atoms with Gasteiger partial charge >= 0.3 is 0 Å². The lowest BCUT2D eigenvalue weighted by molar-refractivity contribution is 0.200. The largest absolute Gasteiger partial charge is 0.384 e. The van der Waals surface area contributed by atoms with Crippen molar-refractivity contribution in [2.24, 2.45) is 0 Å². The zero-order chi connectivity index (χ0) is 18.0. The summed E-state index contributed by atoms with van der Waals surface area (Å²) in [4.78, 5) is 4.69. The van der Waals surface area contributed by atoms with E-state index in [0.717, 1.165) is 23.5 Å². The van der Waals surface area contributed by atoms with E-state index in [-0.39, 0.29) is 17.4 Å². The van der Waals surface area contributed by atoms with Gasteiger partial charge in [0.15, 0.2) is 15.7 Å². The lowest BCUT2D eigenvalue weighted by atomic mass is 10.0. The maximum absolute atomic E-state index is 12.1. The highest BCUT2D eigenvalue weighted by atomic mass is 32.2. The highest BCUT2D eigenvalue weighted by Crippen LogP contribution is 2.30. The summed E-state index contributed by atoms with van der Waals surface area (Å²) in [7, 11) is -1.36. The number of ether oxygens (including phenoxy) is 1. The van der Waals surface area contributed by atoms with Gasteiger partial charge in [-0.3, -0.25) is 0 Å². The van der Waals surface area contributed by atoms with Gasteiger partial charge in [0.1, 0.15) is 5.82 Å². The summed E-state index contributed by atoms with van der Waals surface area (Å²) in [5.74, 6) is 1.77. The highest BCUT2D eigenvalue weighted by Gasteiger charge is 2.30. The van der Waals surface area contributed by atoms with Crippen LogP contribution in [0, 0.1) is 13.8 Å². The minimum atomic E-state index is -3.01. The molecule has 0 amide bonds. The molecule has 1 aromatic heterocycles. The van der Waals surface area contributed by atoms with Gasteiger partial charge in [-0.1, -0.05) is 12.1 Å². The van der Waals surface area contributed by atoms with Crippen LogP contribution in [0.4, 0.5) is 0 Å². The first-order valence-corrected chi connectivity index (χ1v) is 10.4. The minimum Gasteiger partial charge on any atom is -0.384 e. The van der Waals surface area contributed by atoms with Gasteiger partial charge in [0, 0.05) is 19.4 Å². The summed E-state index contributed by atoms with van der Waals surface area (Å²) in [5.41, 5.74) is 3.27. The third kappa shape index (κ3) is 3.93. The molecule has 0 radical (unpaired) electrons. The van der Waals surface area contributed by atoms with Crippen LogP contribution in [-0.4, -0.2) is 48.4 Å². The van der Waals surface area contributed by atoms with Crippen molar-refractivity contribution in [1.82, 2.24) is 14.8 Å². The van der Waals surface area contributed by atoms with E-state index < -0.39 is 9.84 Å². The van der Waals surface area contributed by atoms with E-state index in [9.17, 15) is 8.42 Å². The maximum Gasteiger partial charge on any atom is 0.153 e. The predicted octanol–water partition coefficient (Wildman–Crippen LogP) is 2.37. The fraction of sp³-hybridized carbons (Fsp3) is 0.556. The van der Waals surface area contributed by atoms with Crippen LogP contribution in [0.25, 0.3) is 5.69 Å². The second-order valence-electron chi connectivity index (χ2n) is 6.71. The second kappa shape index (κ2) is 7.25. The molecule has 0 N–H and O–H groups in total. The van der Waals surface area contributed by atoms with Crippen LogP contribution < -0.4 is 0 Å². The van der Waals surface area contributed by atoms with Crippen molar-refractivity contribution in [3.05, 3.63) is 41.0 Å². The third-order valence-corrected chi connectivity index (χ3v) is 6.66. The van der Waals surface area contributed by atoms with E-state index >= 15 is 0 Å². The Labute approximate surface area is 149 Å². The van der Waals surface area contributed by atoms with Crippen molar-refractivity contribution in [2.75, 3.05) is 25.2 Å².